The fraction of sp³-hybridized carbons (Fsp3) is 0.273. The second kappa shape index (κ2) is 6.20. The van der Waals surface area contributed by atoms with Crippen molar-refractivity contribution >= 4 is 37.9 Å². The molecule has 0 unspecified atom stereocenters. The Morgan fingerprint density at radius 1 is 1.00 bits per heavy atom. The van der Waals surface area contributed by atoms with Crippen LogP contribution in [-0.2, 0) is 11.8 Å². The summed E-state index contributed by atoms with van der Waals surface area (Å²) in [6, 6.07) is 15.0. The summed E-state index contributed by atoms with van der Waals surface area (Å²) < 4.78 is 3.33. The van der Waals surface area contributed by atoms with E-state index in [0.29, 0.717) is 0 Å². The fourth-order valence-electron chi connectivity index (χ4n) is 3.40. The summed E-state index contributed by atoms with van der Waals surface area (Å²) in [5, 5.41) is 1.11. The predicted octanol–water partition coefficient (Wildman–Crippen LogP) is 6.20. The molecular weight excluding hydrogens is 386 g/mol. The van der Waals surface area contributed by atoms with E-state index in [1.54, 1.807) is 0 Å². The monoisotopic (exact) mass is 407 g/mol. The highest BCUT2D eigenvalue weighted by atomic mass is 79.9. The third-order valence-corrected chi connectivity index (χ3v) is 5.31. The lowest BCUT2D eigenvalue weighted by atomic mass is 9.87. The molecule has 26 heavy (non-hydrogen) atoms. The molecule has 0 saturated heterocycles. The first kappa shape index (κ1) is 17.2. The van der Waals surface area contributed by atoms with E-state index in [9.17, 15) is 0 Å². The van der Waals surface area contributed by atoms with Crippen molar-refractivity contribution in [3.63, 3.8) is 0 Å². The van der Waals surface area contributed by atoms with Gasteiger partial charge in [0.05, 0.1) is 17.2 Å². The number of nitrogens with zero attached hydrogens (tertiary/aromatic N) is 3. The Morgan fingerprint density at radius 3 is 2.38 bits per heavy atom. The molecule has 0 aliphatic rings. The molecule has 0 atom stereocenters. The average Bonchev–Trinajstić information content (AvgIpc) is 3.00. The number of hydrogen-bond acceptors (Lipinski definition) is 2. The normalized spacial score (nSPS) is 12.2. The van der Waals surface area contributed by atoms with Crippen molar-refractivity contribution in [2.45, 2.75) is 39.5 Å². The number of hydrogen-bond donors (Lipinski definition) is 0. The molecule has 2 aromatic carbocycles. The minimum absolute atomic E-state index is 0.143. The topological polar surface area (TPSA) is 30.7 Å². The molecule has 2 aromatic heterocycles. The highest BCUT2D eigenvalue weighted by Crippen LogP contribution is 2.31. The molecule has 0 aliphatic heterocycles. The highest BCUT2D eigenvalue weighted by molar-refractivity contribution is 9.10. The number of benzene rings is 2. The molecule has 0 spiro atoms. The summed E-state index contributed by atoms with van der Waals surface area (Å²) in [6.07, 6.45) is 2.75. The van der Waals surface area contributed by atoms with Crippen LogP contribution in [-0.4, -0.2) is 14.5 Å². The van der Waals surface area contributed by atoms with Crippen molar-refractivity contribution in [1.29, 1.82) is 0 Å². The van der Waals surface area contributed by atoms with Crippen molar-refractivity contribution in [3.8, 4) is 5.69 Å². The van der Waals surface area contributed by atoms with Crippen LogP contribution in [0.3, 0.4) is 0 Å². The molecule has 4 aromatic rings. The van der Waals surface area contributed by atoms with Gasteiger partial charge >= 0.3 is 0 Å². The minimum atomic E-state index is 0.143. The predicted molar refractivity (Wildman–Crippen MR) is 112 cm³/mol. The molecule has 2 heterocycles. The number of aromatic nitrogens is 3. The maximum absolute atomic E-state index is 4.84. The van der Waals surface area contributed by atoms with Gasteiger partial charge in [-0.1, -0.05) is 55.8 Å². The van der Waals surface area contributed by atoms with Gasteiger partial charge in [-0.3, -0.25) is 9.55 Å². The lowest BCUT2D eigenvalue weighted by Crippen LogP contribution is -2.11. The van der Waals surface area contributed by atoms with Gasteiger partial charge in [-0.15, -0.1) is 0 Å². The van der Waals surface area contributed by atoms with Crippen molar-refractivity contribution in [2.75, 3.05) is 0 Å². The van der Waals surface area contributed by atoms with Gasteiger partial charge in [0, 0.05) is 22.0 Å². The molecule has 0 fully saturated rings. The fourth-order valence-corrected chi connectivity index (χ4v) is 3.76. The van der Waals surface area contributed by atoms with Crippen LogP contribution in [0.1, 0.15) is 39.1 Å². The standard InChI is InChI=1S/C22H22BrN3/c1-5-20-25-19-13-24-18-11-8-15(23)12-17(18)21(19)26(20)16-9-6-14(7-10-16)22(2,3)4/h6-13H,5H2,1-4H3. The molecule has 132 valence electrons. The largest absolute Gasteiger partial charge is 0.296 e. The molecule has 0 bridgehead atoms. The van der Waals surface area contributed by atoms with E-state index in [4.69, 9.17) is 4.98 Å². The van der Waals surface area contributed by atoms with Crippen molar-refractivity contribution < 1.29 is 0 Å². The van der Waals surface area contributed by atoms with Gasteiger partial charge in [0.25, 0.3) is 0 Å². The SMILES string of the molecule is CCc1nc2cnc3ccc(Br)cc3c2n1-c1ccc(C(C)(C)C)cc1. The van der Waals surface area contributed by atoms with Crippen LogP contribution in [0, 0.1) is 0 Å². The average molecular weight is 408 g/mol. The second-order valence-corrected chi connectivity index (χ2v) is 8.58. The van der Waals surface area contributed by atoms with E-state index in [0.717, 1.165) is 44.3 Å². The Hall–Kier alpha value is -2.20. The summed E-state index contributed by atoms with van der Waals surface area (Å²) in [4.78, 5) is 9.43. The lowest BCUT2D eigenvalue weighted by molar-refractivity contribution is 0.590. The summed E-state index contributed by atoms with van der Waals surface area (Å²) in [6.45, 7) is 8.86. The van der Waals surface area contributed by atoms with Gasteiger partial charge < -0.3 is 0 Å². The first-order valence-electron chi connectivity index (χ1n) is 8.95. The van der Waals surface area contributed by atoms with Gasteiger partial charge in [0.2, 0.25) is 0 Å². The van der Waals surface area contributed by atoms with E-state index >= 15 is 0 Å². The number of fused-ring (bicyclic) bond motifs is 3. The van der Waals surface area contributed by atoms with E-state index < -0.39 is 0 Å². The van der Waals surface area contributed by atoms with Crippen LogP contribution < -0.4 is 0 Å². The Bertz CT molecular complexity index is 1100. The number of pyridine rings is 1. The van der Waals surface area contributed by atoms with Crippen molar-refractivity contribution in [3.05, 3.63) is 64.5 Å². The van der Waals surface area contributed by atoms with E-state index in [1.807, 2.05) is 18.3 Å². The van der Waals surface area contributed by atoms with E-state index in [-0.39, 0.29) is 5.41 Å². The Morgan fingerprint density at radius 2 is 1.73 bits per heavy atom. The third-order valence-electron chi connectivity index (χ3n) is 4.82. The molecular formula is C22H22BrN3. The number of aryl methyl sites for hydroxylation is 1. The first-order chi connectivity index (χ1) is 12.4. The van der Waals surface area contributed by atoms with Gasteiger partial charge in [0.15, 0.2) is 0 Å². The van der Waals surface area contributed by atoms with Crippen LogP contribution in [0.15, 0.2) is 53.1 Å². The van der Waals surface area contributed by atoms with Gasteiger partial charge in [-0.25, -0.2) is 4.98 Å². The van der Waals surface area contributed by atoms with E-state index in [1.165, 1.54) is 5.56 Å². The zero-order valence-corrected chi connectivity index (χ0v) is 17.1. The smallest absolute Gasteiger partial charge is 0.114 e. The summed E-state index contributed by atoms with van der Waals surface area (Å²) in [7, 11) is 0. The zero-order chi connectivity index (χ0) is 18.5. The number of imidazole rings is 1. The quantitative estimate of drug-likeness (QED) is 0.396. The minimum Gasteiger partial charge on any atom is -0.296 e. The highest BCUT2D eigenvalue weighted by Gasteiger charge is 2.17. The van der Waals surface area contributed by atoms with Crippen molar-refractivity contribution in [1.82, 2.24) is 14.5 Å². The third kappa shape index (κ3) is 2.82. The first-order valence-corrected chi connectivity index (χ1v) is 9.74. The molecule has 0 aliphatic carbocycles. The number of rotatable bonds is 2. The van der Waals surface area contributed by atoms with Gasteiger partial charge in [0.1, 0.15) is 11.3 Å². The molecule has 0 amide bonds. The number of halogens is 1. The Labute approximate surface area is 162 Å². The second-order valence-electron chi connectivity index (χ2n) is 7.67. The molecule has 4 rings (SSSR count). The van der Waals surface area contributed by atoms with Gasteiger partial charge in [-0.2, -0.15) is 0 Å². The Balaban J connectivity index is 2.03. The maximum atomic E-state index is 4.84. The summed E-state index contributed by atoms with van der Waals surface area (Å²) >= 11 is 3.60. The lowest BCUT2D eigenvalue weighted by Gasteiger charge is -2.19. The maximum Gasteiger partial charge on any atom is 0.114 e. The molecule has 3 nitrogen and oxygen atoms in total. The van der Waals surface area contributed by atoms with Crippen molar-refractivity contribution in [2.24, 2.45) is 0 Å². The molecule has 0 N–H and O–H groups in total. The summed E-state index contributed by atoms with van der Waals surface area (Å²) in [5.41, 5.74) is 5.66. The van der Waals surface area contributed by atoms with Crippen LogP contribution in [0.2, 0.25) is 0 Å². The van der Waals surface area contributed by atoms with Crippen LogP contribution in [0.4, 0.5) is 0 Å². The van der Waals surface area contributed by atoms with Gasteiger partial charge in [-0.05, 0) is 41.3 Å². The molecule has 0 saturated carbocycles. The van der Waals surface area contributed by atoms with Crippen LogP contribution >= 0.6 is 15.9 Å². The summed E-state index contributed by atoms with van der Waals surface area (Å²) in [5.74, 6) is 1.05. The molecule has 4 heteroatoms. The molecule has 0 radical (unpaired) electrons. The van der Waals surface area contributed by atoms with Crippen LogP contribution in [0.25, 0.3) is 27.6 Å². The zero-order valence-electron chi connectivity index (χ0n) is 15.5. The van der Waals surface area contributed by atoms with Crippen LogP contribution in [0.5, 0.6) is 0 Å². The van der Waals surface area contributed by atoms with E-state index in [2.05, 4.69) is 83.5 Å². The Kier molecular flexibility index (Phi) is 4.11.